The van der Waals surface area contributed by atoms with Crippen LogP contribution in [0.15, 0.2) is 108 Å². The van der Waals surface area contributed by atoms with Gasteiger partial charge in [0.15, 0.2) is 0 Å². The molecule has 0 saturated carbocycles. The lowest BCUT2D eigenvalue weighted by Crippen LogP contribution is -2.19. The monoisotopic (exact) mass is 490 g/mol. The van der Waals surface area contributed by atoms with Crippen molar-refractivity contribution in [1.29, 1.82) is 0 Å². The predicted octanol–water partition coefficient (Wildman–Crippen LogP) is 7.20. The molecular formula is C27H20ClFN2O2S. The van der Waals surface area contributed by atoms with E-state index in [-0.39, 0.29) is 11.8 Å². The molecule has 2 amide bonds. The zero-order valence-corrected chi connectivity index (χ0v) is 19.4. The molecule has 4 aromatic rings. The molecule has 0 saturated heterocycles. The van der Waals surface area contributed by atoms with Gasteiger partial charge in [-0.3, -0.25) is 9.59 Å². The van der Waals surface area contributed by atoms with Crippen LogP contribution in [-0.4, -0.2) is 11.8 Å². The summed E-state index contributed by atoms with van der Waals surface area (Å²) in [5, 5.41) is 5.65. The van der Waals surface area contributed by atoms with Crippen LogP contribution in [0.3, 0.4) is 0 Å². The number of para-hydroxylation sites is 1. The van der Waals surface area contributed by atoms with Gasteiger partial charge in [-0.2, -0.15) is 0 Å². The number of halogens is 2. The Morgan fingerprint density at radius 2 is 1.41 bits per heavy atom. The van der Waals surface area contributed by atoms with Gasteiger partial charge in [0.1, 0.15) is 11.1 Å². The van der Waals surface area contributed by atoms with Crippen LogP contribution >= 0.6 is 23.4 Å². The summed E-state index contributed by atoms with van der Waals surface area (Å²) in [6, 6.07) is 29.1. The molecule has 1 atom stereocenters. The molecule has 0 aromatic heterocycles. The first-order valence-electron chi connectivity index (χ1n) is 10.4. The van der Waals surface area contributed by atoms with Gasteiger partial charge in [-0.15, -0.1) is 11.8 Å². The minimum absolute atomic E-state index is 0.196. The van der Waals surface area contributed by atoms with Gasteiger partial charge in [-0.05, 0) is 66.2 Å². The smallest absolute Gasteiger partial charge is 0.255 e. The zero-order valence-electron chi connectivity index (χ0n) is 17.9. The molecular weight excluding hydrogens is 471 g/mol. The maximum Gasteiger partial charge on any atom is 0.255 e. The normalized spacial score (nSPS) is 11.5. The molecule has 34 heavy (non-hydrogen) atoms. The van der Waals surface area contributed by atoms with Crippen molar-refractivity contribution in [3.05, 3.63) is 125 Å². The van der Waals surface area contributed by atoms with Crippen LogP contribution in [0.2, 0.25) is 5.02 Å². The van der Waals surface area contributed by atoms with Gasteiger partial charge in [-0.25, -0.2) is 4.39 Å². The Kier molecular flexibility index (Phi) is 7.62. The number of nitrogens with one attached hydrogen (secondary N) is 2. The summed E-state index contributed by atoms with van der Waals surface area (Å²) in [6.07, 6.45) is 0. The molecule has 4 rings (SSSR count). The molecule has 0 aliphatic carbocycles. The SMILES string of the molecule is O=C(Nc1ccc(SC(C(=O)Nc2ccccc2Cl)c2ccccc2)cc1)c1ccc(F)cc1. The number of carbonyl (C=O) groups excluding carboxylic acids is 2. The fraction of sp³-hybridized carbons (Fsp3) is 0.0370. The van der Waals surface area contributed by atoms with Crippen molar-refractivity contribution in [2.24, 2.45) is 0 Å². The zero-order chi connectivity index (χ0) is 23.9. The van der Waals surface area contributed by atoms with E-state index in [1.54, 1.807) is 30.3 Å². The van der Waals surface area contributed by atoms with Crippen LogP contribution < -0.4 is 10.6 Å². The van der Waals surface area contributed by atoms with E-state index < -0.39 is 11.1 Å². The average Bonchev–Trinajstić information content (AvgIpc) is 2.86. The Morgan fingerprint density at radius 1 is 0.765 bits per heavy atom. The average molecular weight is 491 g/mol. The maximum absolute atomic E-state index is 13.2. The van der Waals surface area contributed by atoms with Crippen LogP contribution in [-0.2, 0) is 4.79 Å². The topological polar surface area (TPSA) is 58.2 Å². The molecule has 0 fully saturated rings. The Bertz CT molecular complexity index is 1280. The minimum Gasteiger partial charge on any atom is -0.323 e. The second kappa shape index (κ2) is 11.0. The van der Waals surface area contributed by atoms with Crippen molar-refractivity contribution in [2.75, 3.05) is 10.6 Å². The largest absolute Gasteiger partial charge is 0.323 e. The summed E-state index contributed by atoms with van der Waals surface area (Å²) in [7, 11) is 0. The number of thioether (sulfide) groups is 1. The first-order valence-corrected chi connectivity index (χ1v) is 11.7. The fourth-order valence-electron chi connectivity index (χ4n) is 3.22. The lowest BCUT2D eigenvalue weighted by molar-refractivity contribution is -0.115. The van der Waals surface area contributed by atoms with Crippen molar-refractivity contribution in [2.45, 2.75) is 10.1 Å². The molecule has 4 nitrogen and oxygen atoms in total. The predicted molar refractivity (Wildman–Crippen MR) is 136 cm³/mol. The molecule has 0 heterocycles. The molecule has 2 N–H and O–H groups in total. The third kappa shape index (κ3) is 6.04. The van der Waals surface area contributed by atoms with Gasteiger partial charge in [0.2, 0.25) is 5.91 Å². The molecule has 0 bridgehead atoms. The highest BCUT2D eigenvalue weighted by molar-refractivity contribution is 8.00. The van der Waals surface area contributed by atoms with E-state index in [1.165, 1.54) is 36.0 Å². The first kappa shape index (κ1) is 23.5. The molecule has 0 spiro atoms. The highest BCUT2D eigenvalue weighted by Crippen LogP contribution is 2.37. The molecule has 0 aliphatic rings. The third-order valence-electron chi connectivity index (χ3n) is 4.94. The molecule has 7 heteroatoms. The van der Waals surface area contributed by atoms with Crippen molar-refractivity contribution >= 4 is 46.6 Å². The van der Waals surface area contributed by atoms with Crippen LogP contribution in [0.25, 0.3) is 0 Å². The molecule has 170 valence electrons. The van der Waals surface area contributed by atoms with Crippen molar-refractivity contribution in [1.82, 2.24) is 0 Å². The van der Waals surface area contributed by atoms with Gasteiger partial charge in [0.25, 0.3) is 5.91 Å². The number of amides is 2. The standard InChI is InChI=1S/C27H20ClFN2O2S/c28-23-8-4-5-9-24(23)31-27(33)25(18-6-2-1-3-7-18)34-22-16-14-21(15-17-22)30-26(32)19-10-12-20(29)13-11-19/h1-17,25H,(H,30,32)(H,31,33). The first-order chi connectivity index (χ1) is 16.5. The molecule has 4 aromatic carbocycles. The number of anilines is 2. The van der Waals surface area contributed by atoms with Gasteiger partial charge >= 0.3 is 0 Å². The van der Waals surface area contributed by atoms with E-state index in [0.29, 0.717) is 22.0 Å². The maximum atomic E-state index is 13.2. The van der Waals surface area contributed by atoms with Crippen molar-refractivity contribution in [3.8, 4) is 0 Å². The van der Waals surface area contributed by atoms with Gasteiger partial charge in [0, 0.05) is 16.1 Å². The quantitative estimate of drug-likeness (QED) is 0.269. The Labute approximate surface area is 206 Å². The number of hydrogen-bond donors (Lipinski definition) is 2. The molecule has 0 radical (unpaired) electrons. The lowest BCUT2D eigenvalue weighted by atomic mass is 10.1. The van der Waals surface area contributed by atoms with Crippen LogP contribution in [0, 0.1) is 5.82 Å². The number of rotatable bonds is 7. The third-order valence-corrected chi connectivity index (χ3v) is 6.54. The van der Waals surface area contributed by atoms with Gasteiger partial charge in [-0.1, -0.05) is 54.1 Å². The highest BCUT2D eigenvalue weighted by atomic mass is 35.5. The fourth-order valence-corrected chi connectivity index (χ4v) is 4.43. The van der Waals surface area contributed by atoms with E-state index in [9.17, 15) is 14.0 Å². The molecule has 0 aliphatic heterocycles. The van der Waals surface area contributed by atoms with E-state index in [1.807, 2.05) is 48.5 Å². The Hall–Kier alpha value is -3.61. The number of hydrogen-bond acceptors (Lipinski definition) is 3. The second-order valence-corrected chi connectivity index (χ2v) is 8.95. The number of carbonyl (C=O) groups is 2. The van der Waals surface area contributed by atoms with Crippen LogP contribution in [0.1, 0.15) is 21.2 Å². The van der Waals surface area contributed by atoms with Gasteiger partial charge in [0.05, 0.1) is 10.7 Å². The van der Waals surface area contributed by atoms with E-state index in [2.05, 4.69) is 10.6 Å². The van der Waals surface area contributed by atoms with Crippen LogP contribution in [0.4, 0.5) is 15.8 Å². The summed E-state index contributed by atoms with van der Waals surface area (Å²) in [5.74, 6) is -0.927. The molecule has 1 unspecified atom stereocenters. The summed E-state index contributed by atoms with van der Waals surface area (Å²) in [5.41, 5.74) is 2.36. The van der Waals surface area contributed by atoms with E-state index in [4.69, 9.17) is 11.6 Å². The summed E-state index contributed by atoms with van der Waals surface area (Å²) >= 11 is 7.61. The van der Waals surface area contributed by atoms with E-state index in [0.717, 1.165) is 10.5 Å². The Morgan fingerprint density at radius 3 is 2.09 bits per heavy atom. The summed E-state index contributed by atoms with van der Waals surface area (Å²) < 4.78 is 13.1. The summed E-state index contributed by atoms with van der Waals surface area (Å²) in [4.78, 5) is 26.4. The number of benzene rings is 4. The van der Waals surface area contributed by atoms with E-state index >= 15 is 0 Å². The highest BCUT2D eigenvalue weighted by Gasteiger charge is 2.23. The van der Waals surface area contributed by atoms with Crippen LogP contribution in [0.5, 0.6) is 0 Å². The minimum atomic E-state index is -0.517. The van der Waals surface area contributed by atoms with Gasteiger partial charge < -0.3 is 10.6 Å². The summed E-state index contributed by atoms with van der Waals surface area (Å²) in [6.45, 7) is 0. The second-order valence-electron chi connectivity index (χ2n) is 7.36. The Balaban J connectivity index is 1.49. The lowest BCUT2D eigenvalue weighted by Gasteiger charge is -2.18. The van der Waals surface area contributed by atoms with Crippen molar-refractivity contribution in [3.63, 3.8) is 0 Å². The van der Waals surface area contributed by atoms with Crippen molar-refractivity contribution < 1.29 is 14.0 Å².